The number of nitrogens with one attached hydrogen (secondary N) is 1. The van der Waals surface area contributed by atoms with Crippen LogP contribution >= 0.6 is 23.2 Å². The molecule has 1 aliphatic rings. The Morgan fingerprint density at radius 2 is 1.15 bits per heavy atom. The quantitative estimate of drug-likeness (QED) is 0.142. The van der Waals surface area contributed by atoms with Gasteiger partial charge in [-0.2, -0.15) is 26.3 Å². The number of H-pyrrole nitrogens is 1. The maximum absolute atomic E-state index is 14.2. The number of aromatic nitrogens is 2. The van der Waals surface area contributed by atoms with Gasteiger partial charge in [0, 0.05) is 67.4 Å². The summed E-state index contributed by atoms with van der Waals surface area (Å²) in [6, 6.07) is 12.4. The van der Waals surface area contributed by atoms with Crippen LogP contribution in [0.25, 0.3) is 22.3 Å². The zero-order valence-corrected chi connectivity index (χ0v) is 36.3. The van der Waals surface area contributed by atoms with E-state index in [-0.39, 0.29) is 70.2 Å². The van der Waals surface area contributed by atoms with E-state index in [2.05, 4.69) is 4.98 Å². The van der Waals surface area contributed by atoms with E-state index in [4.69, 9.17) is 23.2 Å². The summed E-state index contributed by atoms with van der Waals surface area (Å²) in [4.78, 5) is 30.6. The molecule has 4 aromatic rings. The number of carbonyl (C=O) groups excluding carboxylic acids is 2. The summed E-state index contributed by atoms with van der Waals surface area (Å²) in [6.45, 7) is 4.32. The van der Waals surface area contributed by atoms with Crippen molar-refractivity contribution in [2.24, 2.45) is 5.41 Å². The number of sulfone groups is 2. The number of halogens is 8. The van der Waals surface area contributed by atoms with Gasteiger partial charge in [0.25, 0.3) is 11.8 Å². The van der Waals surface area contributed by atoms with E-state index in [9.17, 15) is 52.8 Å². The Bertz CT molecular complexity index is 2420. The van der Waals surface area contributed by atoms with E-state index in [0.29, 0.717) is 21.2 Å². The van der Waals surface area contributed by atoms with Crippen molar-refractivity contribution in [2.45, 2.75) is 52.5 Å². The van der Waals surface area contributed by atoms with Crippen LogP contribution in [0, 0.1) is 19.3 Å². The second-order valence-electron chi connectivity index (χ2n) is 15.2. The van der Waals surface area contributed by atoms with Gasteiger partial charge in [0.1, 0.15) is 42.5 Å². The van der Waals surface area contributed by atoms with Crippen LogP contribution in [0.3, 0.4) is 0 Å². The molecule has 0 radical (unpaired) electrons. The van der Waals surface area contributed by atoms with Gasteiger partial charge in [-0.25, -0.2) is 16.8 Å². The molecule has 0 bridgehead atoms. The smallest absolute Gasteiger partial charge is 0.346 e. The fourth-order valence-corrected chi connectivity index (χ4v) is 7.87. The monoisotopic (exact) mass is 912 g/mol. The van der Waals surface area contributed by atoms with Crippen molar-refractivity contribution < 1.29 is 52.8 Å². The first-order chi connectivity index (χ1) is 26.9. The van der Waals surface area contributed by atoms with E-state index in [1.54, 1.807) is 24.3 Å². The lowest BCUT2D eigenvalue weighted by molar-refractivity contribution is -0.144. The molecular formula is C39H44Cl2F6N4O6S2. The van der Waals surface area contributed by atoms with E-state index in [1.807, 2.05) is 6.92 Å². The maximum Gasteiger partial charge on any atom is 0.431 e. The second kappa shape index (κ2) is 17.5. The number of rotatable bonds is 12. The van der Waals surface area contributed by atoms with Crippen LogP contribution in [0.4, 0.5) is 26.3 Å². The van der Waals surface area contributed by atoms with Crippen LogP contribution in [0.5, 0.6) is 0 Å². The number of hydrogen-bond acceptors (Lipinski definition) is 6. The molecule has 0 atom stereocenters. The highest BCUT2D eigenvalue weighted by Gasteiger charge is 2.46. The fraction of sp³-hybridized carbons (Fsp3) is 0.436. The summed E-state index contributed by atoms with van der Waals surface area (Å²) in [5, 5.41) is 0.826. The van der Waals surface area contributed by atoms with Crippen molar-refractivity contribution in [2.75, 3.05) is 51.2 Å². The van der Waals surface area contributed by atoms with Crippen molar-refractivity contribution in [3.05, 3.63) is 92.5 Å². The molecule has 0 unspecified atom stereocenters. The summed E-state index contributed by atoms with van der Waals surface area (Å²) in [5.41, 5.74) is -1.55. The van der Waals surface area contributed by atoms with Gasteiger partial charge < -0.3 is 19.4 Å². The number of aromatic amines is 1. The number of carbonyl (C=O) groups is 2. The fourth-order valence-electron chi connectivity index (χ4n) is 6.41. The Morgan fingerprint density at radius 1 is 0.729 bits per heavy atom. The second-order valence-corrected chi connectivity index (χ2v) is 20.6. The molecule has 10 nitrogen and oxygen atoms in total. The Morgan fingerprint density at radius 3 is 1.54 bits per heavy atom. The van der Waals surface area contributed by atoms with Crippen LogP contribution in [-0.4, -0.2) is 99.2 Å². The molecule has 20 heteroatoms. The Kier molecular flexibility index (Phi) is 14.2. The predicted octanol–water partition coefficient (Wildman–Crippen LogP) is 8.83. The molecule has 0 saturated heterocycles. The minimum absolute atomic E-state index is 0.0380. The first kappa shape index (κ1) is 47.7. The van der Waals surface area contributed by atoms with Crippen molar-refractivity contribution in [1.29, 1.82) is 0 Å². The molecule has 2 amide bonds. The molecule has 1 saturated carbocycles. The van der Waals surface area contributed by atoms with Crippen LogP contribution in [-0.2, 0) is 38.6 Å². The van der Waals surface area contributed by atoms with Gasteiger partial charge in [-0.05, 0) is 78.6 Å². The normalized spacial score (nSPS) is 14.1. The van der Waals surface area contributed by atoms with Gasteiger partial charge in [0.2, 0.25) is 0 Å². The number of nitrogens with zero attached hydrogens (tertiary/aromatic N) is 3. The van der Waals surface area contributed by atoms with Crippen molar-refractivity contribution >= 4 is 54.7 Å². The van der Waals surface area contributed by atoms with E-state index >= 15 is 0 Å². The van der Waals surface area contributed by atoms with Gasteiger partial charge in [0.05, 0.1) is 11.5 Å². The minimum Gasteiger partial charge on any atom is -0.346 e. The number of amides is 2. The third-order valence-corrected chi connectivity index (χ3v) is 12.3. The molecule has 1 fully saturated rings. The summed E-state index contributed by atoms with van der Waals surface area (Å²) >= 11 is 11.8. The molecular weight excluding hydrogens is 869 g/mol. The predicted molar refractivity (Wildman–Crippen MR) is 216 cm³/mol. The molecule has 2 aromatic carbocycles. The zero-order valence-electron chi connectivity index (χ0n) is 33.2. The van der Waals surface area contributed by atoms with Gasteiger partial charge >= 0.3 is 12.4 Å². The van der Waals surface area contributed by atoms with Crippen LogP contribution in [0.2, 0.25) is 10.0 Å². The minimum atomic E-state index is -4.67. The average molecular weight is 914 g/mol. The lowest BCUT2D eigenvalue weighted by Crippen LogP contribution is -2.34. The third kappa shape index (κ3) is 12.1. The number of benzene rings is 2. The molecule has 324 valence electrons. The van der Waals surface area contributed by atoms with E-state index in [1.165, 1.54) is 57.1 Å². The first-order valence-corrected chi connectivity index (χ1v) is 22.8. The third-order valence-electron chi connectivity index (χ3n) is 9.92. The van der Waals surface area contributed by atoms with Gasteiger partial charge in [-0.15, -0.1) is 0 Å². The SMILES string of the molecule is Cc1c(-c2ccc(Cl)cc2)c(C(=O)N(C)CCS(C)(=O)=O)n(CC2(C)CC2)c1C(F)(F)F.Cc1c(C(F)(F)F)[nH]c(C(=O)N(C)CCS(C)(=O)=O)c1-c1ccc(Cl)cc1. The summed E-state index contributed by atoms with van der Waals surface area (Å²) in [5.74, 6) is -1.96. The lowest BCUT2D eigenvalue weighted by Gasteiger charge is -2.22. The Labute approximate surface area is 349 Å². The van der Waals surface area contributed by atoms with Crippen LogP contribution < -0.4 is 0 Å². The van der Waals surface area contributed by atoms with Crippen LogP contribution in [0.1, 0.15) is 63.3 Å². The highest BCUT2D eigenvalue weighted by Crippen LogP contribution is 2.50. The largest absolute Gasteiger partial charge is 0.431 e. The van der Waals surface area contributed by atoms with E-state index in [0.717, 1.165) is 34.8 Å². The highest BCUT2D eigenvalue weighted by atomic mass is 35.5. The van der Waals surface area contributed by atoms with Crippen molar-refractivity contribution in [1.82, 2.24) is 19.4 Å². The van der Waals surface area contributed by atoms with Crippen molar-refractivity contribution in [3.8, 4) is 22.3 Å². The first-order valence-electron chi connectivity index (χ1n) is 17.9. The molecule has 2 heterocycles. The van der Waals surface area contributed by atoms with Crippen LogP contribution in [0.15, 0.2) is 48.5 Å². The summed E-state index contributed by atoms with van der Waals surface area (Å²) in [7, 11) is -3.94. The van der Waals surface area contributed by atoms with Crippen molar-refractivity contribution in [3.63, 3.8) is 0 Å². The molecule has 1 aliphatic carbocycles. The maximum atomic E-state index is 14.2. The van der Waals surface area contributed by atoms with Gasteiger partial charge in [-0.1, -0.05) is 54.4 Å². The molecule has 0 spiro atoms. The topological polar surface area (TPSA) is 130 Å². The summed E-state index contributed by atoms with van der Waals surface area (Å²) in [6.07, 6.45) is -5.72. The lowest BCUT2D eigenvalue weighted by atomic mass is 10.00. The molecule has 2 aromatic heterocycles. The molecule has 1 N–H and O–H groups in total. The Balaban J connectivity index is 0.000000265. The summed E-state index contributed by atoms with van der Waals surface area (Å²) < 4.78 is 129. The zero-order chi connectivity index (χ0) is 44.6. The van der Waals surface area contributed by atoms with E-state index < -0.39 is 55.2 Å². The van der Waals surface area contributed by atoms with Gasteiger partial charge in [-0.3, -0.25) is 9.59 Å². The van der Waals surface area contributed by atoms with Gasteiger partial charge in [0.15, 0.2) is 0 Å². The Hall–Kier alpha value is -4.00. The molecule has 5 rings (SSSR count). The standard InChI is InChI=1S/C22H26ClF3N2O3S.C17H18ClF3N2O3S/c1-14-17(15-5-7-16(23)8-6-15)18(20(29)27(3)11-12-32(4,30)31)28(13-21(2)9-10-21)19(14)22(24,25)26;1-10-13(11-4-6-12(18)7-5-11)14(22-15(10)17(19,20)21)16(24)23(2)8-9-27(3,25)26/h5-8H,9-13H2,1-4H3;4-7,22H,8-9H2,1-3H3. The average Bonchev–Trinajstić information content (AvgIpc) is 3.61. The molecule has 0 aliphatic heterocycles. The number of alkyl halides is 6. The highest BCUT2D eigenvalue weighted by molar-refractivity contribution is 7.90. The number of hydrogen-bond donors (Lipinski definition) is 1. The molecule has 59 heavy (non-hydrogen) atoms.